The van der Waals surface area contributed by atoms with Crippen molar-refractivity contribution < 1.29 is 12.9 Å². The van der Waals surface area contributed by atoms with Crippen LogP contribution in [0.1, 0.15) is 16.8 Å². The Kier molecular flexibility index (Phi) is 4.28. The molecule has 1 aromatic carbocycles. The van der Waals surface area contributed by atoms with E-state index in [0.717, 1.165) is 4.88 Å². The fraction of sp³-hybridized carbons (Fsp3) is 0.125. The van der Waals surface area contributed by atoms with Crippen molar-refractivity contribution in [3.8, 4) is 16.7 Å². The summed E-state index contributed by atoms with van der Waals surface area (Å²) in [6, 6.07) is 14.1. The second-order valence-electron chi connectivity index (χ2n) is 4.96. The smallest absolute Gasteiger partial charge is 0.177 e. The van der Waals surface area contributed by atoms with Gasteiger partial charge in [0.15, 0.2) is 15.6 Å². The predicted molar refractivity (Wildman–Crippen MR) is 87.3 cm³/mol. The maximum Gasteiger partial charge on any atom is 0.177 e. The van der Waals surface area contributed by atoms with Gasteiger partial charge in [0.1, 0.15) is 0 Å². The molecule has 7 heteroatoms. The van der Waals surface area contributed by atoms with Crippen molar-refractivity contribution in [1.29, 1.82) is 5.26 Å². The summed E-state index contributed by atoms with van der Waals surface area (Å²) in [4.78, 5) is 0.899. The SMILES string of the molecule is N#Cc1ccccc1CS(=O)(=O)Cc1cc(-c2cccs2)on1. The van der Waals surface area contributed by atoms with Crippen LogP contribution in [0.15, 0.2) is 52.4 Å². The lowest BCUT2D eigenvalue weighted by molar-refractivity contribution is 0.426. The molecule has 0 radical (unpaired) electrons. The first-order valence-electron chi connectivity index (χ1n) is 6.75. The lowest BCUT2D eigenvalue weighted by Crippen LogP contribution is -2.09. The van der Waals surface area contributed by atoms with Crippen molar-refractivity contribution in [2.45, 2.75) is 11.5 Å². The average molecular weight is 344 g/mol. The molecule has 0 amide bonds. The second kappa shape index (κ2) is 6.36. The number of hydrogen-bond donors (Lipinski definition) is 0. The highest BCUT2D eigenvalue weighted by Crippen LogP contribution is 2.26. The zero-order chi connectivity index (χ0) is 16.3. The van der Waals surface area contributed by atoms with E-state index in [0.29, 0.717) is 22.6 Å². The maximum atomic E-state index is 12.3. The van der Waals surface area contributed by atoms with E-state index in [1.54, 1.807) is 30.3 Å². The lowest BCUT2D eigenvalue weighted by atomic mass is 10.1. The number of benzene rings is 1. The third kappa shape index (κ3) is 3.67. The van der Waals surface area contributed by atoms with E-state index in [4.69, 9.17) is 9.78 Å². The van der Waals surface area contributed by atoms with Gasteiger partial charge in [-0.05, 0) is 23.1 Å². The van der Waals surface area contributed by atoms with Crippen LogP contribution in [-0.2, 0) is 21.3 Å². The van der Waals surface area contributed by atoms with E-state index >= 15 is 0 Å². The van der Waals surface area contributed by atoms with Gasteiger partial charge in [-0.15, -0.1) is 11.3 Å². The van der Waals surface area contributed by atoms with E-state index in [9.17, 15) is 8.42 Å². The predicted octanol–water partition coefficient (Wildman–Crippen LogP) is 3.39. The molecular weight excluding hydrogens is 332 g/mol. The summed E-state index contributed by atoms with van der Waals surface area (Å²) in [7, 11) is -3.45. The van der Waals surface area contributed by atoms with E-state index in [2.05, 4.69) is 5.16 Å². The van der Waals surface area contributed by atoms with Crippen molar-refractivity contribution in [3.05, 3.63) is 64.7 Å². The van der Waals surface area contributed by atoms with Crippen molar-refractivity contribution in [2.24, 2.45) is 0 Å². The molecule has 0 aliphatic rings. The van der Waals surface area contributed by atoms with Crippen LogP contribution in [-0.4, -0.2) is 13.6 Å². The Morgan fingerprint density at radius 1 is 1.17 bits per heavy atom. The van der Waals surface area contributed by atoms with Gasteiger partial charge in [-0.25, -0.2) is 8.42 Å². The largest absolute Gasteiger partial charge is 0.355 e. The van der Waals surface area contributed by atoms with Crippen LogP contribution in [0.4, 0.5) is 0 Å². The Morgan fingerprint density at radius 3 is 2.74 bits per heavy atom. The zero-order valence-electron chi connectivity index (χ0n) is 12.0. The third-order valence-electron chi connectivity index (χ3n) is 3.20. The van der Waals surface area contributed by atoms with Gasteiger partial charge >= 0.3 is 0 Å². The molecule has 0 unspecified atom stereocenters. The molecule has 2 heterocycles. The molecule has 0 fully saturated rings. The molecular formula is C16H12N2O3S2. The number of rotatable bonds is 5. The Bertz CT molecular complexity index is 951. The standard InChI is InChI=1S/C16H12N2O3S2/c17-9-12-4-1-2-5-13(12)10-23(19,20)11-14-8-15(21-18-14)16-6-3-7-22-16/h1-8H,10-11H2. The van der Waals surface area contributed by atoms with Gasteiger partial charge < -0.3 is 4.52 Å². The lowest BCUT2D eigenvalue weighted by Gasteiger charge is -2.04. The molecule has 2 aromatic heterocycles. The first-order chi connectivity index (χ1) is 11.1. The summed E-state index contributed by atoms with van der Waals surface area (Å²) in [5.74, 6) is 0.141. The van der Waals surface area contributed by atoms with Gasteiger partial charge in [-0.3, -0.25) is 0 Å². The van der Waals surface area contributed by atoms with Crippen LogP contribution in [0.25, 0.3) is 10.6 Å². The number of thiophene rings is 1. The van der Waals surface area contributed by atoms with Crippen LogP contribution in [0.2, 0.25) is 0 Å². The van der Waals surface area contributed by atoms with Crippen LogP contribution in [0, 0.1) is 11.3 Å². The minimum absolute atomic E-state index is 0.196. The maximum absolute atomic E-state index is 12.3. The molecule has 0 saturated carbocycles. The Labute approximate surface area is 137 Å². The average Bonchev–Trinajstić information content (AvgIpc) is 3.18. The molecule has 0 saturated heterocycles. The topological polar surface area (TPSA) is 84.0 Å². The third-order valence-corrected chi connectivity index (χ3v) is 5.57. The van der Waals surface area contributed by atoms with Gasteiger partial charge in [0.05, 0.1) is 33.7 Å². The van der Waals surface area contributed by atoms with Gasteiger partial charge in [0, 0.05) is 6.07 Å². The van der Waals surface area contributed by atoms with E-state index in [-0.39, 0.29) is 11.5 Å². The molecule has 3 rings (SSSR count). The molecule has 0 aliphatic carbocycles. The van der Waals surface area contributed by atoms with Crippen LogP contribution >= 0.6 is 11.3 Å². The van der Waals surface area contributed by atoms with Crippen LogP contribution < -0.4 is 0 Å². The summed E-state index contributed by atoms with van der Waals surface area (Å²) in [6.07, 6.45) is 0. The molecule has 3 aromatic rings. The molecule has 0 bridgehead atoms. The number of hydrogen-bond acceptors (Lipinski definition) is 6. The highest BCUT2D eigenvalue weighted by atomic mass is 32.2. The minimum atomic E-state index is -3.45. The zero-order valence-corrected chi connectivity index (χ0v) is 13.6. The first-order valence-corrected chi connectivity index (χ1v) is 9.45. The second-order valence-corrected chi connectivity index (χ2v) is 7.97. The summed E-state index contributed by atoms with van der Waals surface area (Å²) in [5.41, 5.74) is 1.23. The van der Waals surface area contributed by atoms with Crippen molar-refractivity contribution in [2.75, 3.05) is 0 Å². The van der Waals surface area contributed by atoms with Crippen molar-refractivity contribution in [1.82, 2.24) is 5.16 Å². The number of nitrogens with zero attached hydrogens (tertiary/aromatic N) is 2. The van der Waals surface area contributed by atoms with Gasteiger partial charge in [-0.2, -0.15) is 5.26 Å². The van der Waals surface area contributed by atoms with Crippen LogP contribution in [0.5, 0.6) is 0 Å². The molecule has 0 atom stereocenters. The van der Waals surface area contributed by atoms with Crippen molar-refractivity contribution >= 4 is 21.2 Å². The Balaban J connectivity index is 1.78. The fourth-order valence-electron chi connectivity index (χ4n) is 2.18. The van der Waals surface area contributed by atoms with Gasteiger partial charge in [0.25, 0.3) is 0 Å². The molecule has 0 aliphatic heterocycles. The van der Waals surface area contributed by atoms with E-state index in [1.807, 2.05) is 23.6 Å². The van der Waals surface area contributed by atoms with Gasteiger partial charge in [0.2, 0.25) is 0 Å². The van der Waals surface area contributed by atoms with Crippen molar-refractivity contribution in [3.63, 3.8) is 0 Å². The quantitative estimate of drug-likeness (QED) is 0.708. The molecule has 0 spiro atoms. The molecule has 0 N–H and O–H groups in total. The Hall–Kier alpha value is -2.43. The summed E-state index contributed by atoms with van der Waals surface area (Å²) >= 11 is 1.50. The highest BCUT2D eigenvalue weighted by Gasteiger charge is 2.18. The fourth-order valence-corrected chi connectivity index (χ4v) is 4.27. The summed E-state index contributed by atoms with van der Waals surface area (Å²) < 4.78 is 29.9. The molecule has 5 nitrogen and oxygen atoms in total. The molecule has 23 heavy (non-hydrogen) atoms. The van der Waals surface area contributed by atoms with E-state index in [1.165, 1.54) is 11.3 Å². The number of nitriles is 1. The molecule has 116 valence electrons. The number of aromatic nitrogens is 1. The minimum Gasteiger partial charge on any atom is -0.355 e. The summed E-state index contributed by atoms with van der Waals surface area (Å²) in [6.45, 7) is 0. The normalized spacial score (nSPS) is 11.3. The monoisotopic (exact) mass is 344 g/mol. The highest BCUT2D eigenvalue weighted by molar-refractivity contribution is 7.89. The van der Waals surface area contributed by atoms with Crippen LogP contribution in [0.3, 0.4) is 0 Å². The Morgan fingerprint density at radius 2 is 2.00 bits per heavy atom. The summed E-state index contributed by atoms with van der Waals surface area (Å²) in [5, 5.41) is 14.8. The number of sulfone groups is 1. The van der Waals surface area contributed by atoms with Gasteiger partial charge in [-0.1, -0.05) is 29.4 Å². The first kappa shape index (κ1) is 15.5. The van der Waals surface area contributed by atoms with E-state index < -0.39 is 9.84 Å².